The summed E-state index contributed by atoms with van der Waals surface area (Å²) in [5.41, 5.74) is 0.499. The SMILES string of the molecule is CC1(C2=C[N]C=CS2)CC1. The fourth-order valence-electron chi connectivity index (χ4n) is 1.01. The van der Waals surface area contributed by atoms with Crippen molar-refractivity contribution in [2.24, 2.45) is 5.41 Å². The molecule has 0 aromatic rings. The Morgan fingerprint density at radius 2 is 2.40 bits per heavy atom. The third-order valence-corrected chi connectivity index (χ3v) is 3.24. The largest absolute Gasteiger partial charge is 0.263 e. The molecule has 53 valence electrons. The van der Waals surface area contributed by atoms with Crippen LogP contribution in [0.1, 0.15) is 19.8 Å². The quantitative estimate of drug-likeness (QED) is 0.563. The number of hydrogen-bond acceptors (Lipinski definition) is 1. The maximum atomic E-state index is 4.10. The van der Waals surface area contributed by atoms with Crippen LogP contribution < -0.4 is 5.32 Å². The van der Waals surface area contributed by atoms with Crippen molar-refractivity contribution < 1.29 is 0 Å². The van der Waals surface area contributed by atoms with Crippen molar-refractivity contribution in [3.8, 4) is 0 Å². The van der Waals surface area contributed by atoms with Crippen LogP contribution in [0.3, 0.4) is 0 Å². The molecule has 0 bridgehead atoms. The Morgan fingerprint density at radius 3 is 2.90 bits per heavy atom. The lowest BCUT2D eigenvalue weighted by Crippen LogP contribution is -1.99. The molecule has 0 aromatic heterocycles. The van der Waals surface area contributed by atoms with E-state index in [0.29, 0.717) is 5.41 Å². The summed E-state index contributed by atoms with van der Waals surface area (Å²) >= 11 is 1.82. The van der Waals surface area contributed by atoms with Gasteiger partial charge in [-0.05, 0) is 18.2 Å². The van der Waals surface area contributed by atoms with Gasteiger partial charge in [0.05, 0.1) is 0 Å². The van der Waals surface area contributed by atoms with Gasteiger partial charge in [-0.2, -0.15) is 0 Å². The van der Waals surface area contributed by atoms with Gasteiger partial charge >= 0.3 is 0 Å². The van der Waals surface area contributed by atoms with Crippen molar-refractivity contribution in [1.29, 1.82) is 0 Å². The highest BCUT2D eigenvalue weighted by Gasteiger charge is 2.41. The van der Waals surface area contributed by atoms with Gasteiger partial charge in [-0.15, -0.1) is 0 Å². The van der Waals surface area contributed by atoms with Crippen LogP contribution in [-0.4, -0.2) is 0 Å². The highest BCUT2D eigenvalue weighted by atomic mass is 32.2. The van der Waals surface area contributed by atoms with Crippen molar-refractivity contribution in [3.05, 3.63) is 22.7 Å². The molecule has 0 aromatic carbocycles. The Balaban J connectivity index is 2.11. The molecule has 1 nitrogen and oxygen atoms in total. The van der Waals surface area contributed by atoms with E-state index in [4.69, 9.17) is 0 Å². The Hall–Kier alpha value is -0.370. The standard InChI is InChI=1S/C8H10NS/c1-8(2-3-8)7-6-9-4-5-10-7/h4-6H,2-3H2,1H3. The molecule has 2 heteroatoms. The first-order valence-electron chi connectivity index (χ1n) is 3.54. The number of allylic oxidation sites excluding steroid dienone is 1. The van der Waals surface area contributed by atoms with Gasteiger partial charge in [-0.3, -0.25) is 5.32 Å². The van der Waals surface area contributed by atoms with E-state index >= 15 is 0 Å². The average molecular weight is 152 g/mol. The zero-order chi connectivity index (χ0) is 7.03. The average Bonchev–Trinajstić information content (AvgIpc) is 2.72. The van der Waals surface area contributed by atoms with Crippen LogP contribution in [0.25, 0.3) is 0 Å². The van der Waals surface area contributed by atoms with E-state index in [2.05, 4.69) is 17.6 Å². The minimum absolute atomic E-state index is 0.499. The minimum Gasteiger partial charge on any atom is -0.263 e. The van der Waals surface area contributed by atoms with Gasteiger partial charge in [-0.25, -0.2) is 0 Å². The second-order valence-electron chi connectivity index (χ2n) is 3.11. The lowest BCUT2D eigenvalue weighted by molar-refractivity contribution is 0.726. The molecule has 10 heavy (non-hydrogen) atoms. The highest BCUT2D eigenvalue weighted by molar-refractivity contribution is 8.05. The molecule has 0 saturated heterocycles. The van der Waals surface area contributed by atoms with Crippen LogP contribution in [0, 0.1) is 5.41 Å². The molecule has 0 spiro atoms. The fraction of sp³-hybridized carbons (Fsp3) is 0.500. The van der Waals surface area contributed by atoms with Crippen LogP contribution in [0.4, 0.5) is 0 Å². The van der Waals surface area contributed by atoms with Crippen LogP contribution in [0.5, 0.6) is 0 Å². The van der Waals surface area contributed by atoms with Crippen molar-refractivity contribution in [2.75, 3.05) is 0 Å². The van der Waals surface area contributed by atoms with Gasteiger partial charge in [0.15, 0.2) is 0 Å². The summed E-state index contributed by atoms with van der Waals surface area (Å²) in [6.07, 6.45) is 6.53. The maximum absolute atomic E-state index is 4.10. The van der Waals surface area contributed by atoms with E-state index < -0.39 is 0 Å². The predicted molar refractivity (Wildman–Crippen MR) is 44.3 cm³/mol. The van der Waals surface area contributed by atoms with E-state index in [1.54, 1.807) is 0 Å². The van der Waals surface area contributed by atoms with Crippen LogP contribution >= 0.6 is 11.8 Å². The highest BCUT2D eigenvalue weighted by Crippen LogP contribution is 2.55. The lowest BCUT2D eigenvalue weighted by Gasteiger charge is -2.12. The van der Waals surface area contributed by atoms with Gasteiger partial charge < -0.3 is 0 Å². The topological polar surface area (TPSA) is 14.1 Å². The number of nitrogens with zero attached hydrogens (tertiary/aromatic N) is 1. The first-order valence-corrected chi connectivity index (χ1v) is 4.41. The third kappa shape index (κ3) is 0.966. The molecule has 2 aliphatic rings. The summed E-state index contributed by atoms with van der Waals surface area (Å²) in [6.45, 7) is 2.31. The van der Waals surface area contributed by atoms with E-state index in [1.807, 2.05) is 24.2 Å². The number of rotatable bonds is 1. The summed E-state index contributed by atoms with van der Waals surface area (Å²) in [4.78, 5) is 1.44. The van der Waals surface area contributed by atoms with Gasteiger partial charge in [-0.1, -0.05) is 18.7 Å². The molecule has 1 radical (unpaired) electrons. The molecular formula is C8H10NS. The zero-order valence-electron chi connectivity index (χ0n) is 6.00. The monoisotopic (exact) mass is 152 g/mol. The van der Waals surface area contributed by atoms with Gasteiger partial charge in [0.25, 0.3) is 0 Å². The molecule has 0 N–H and O–H groups in total. The lowest BCUT2D eigenvalue weighted by atomic mass is 10.1. The molecule has 1 heterocycles. The first kappa shape index (κ1) is 6.35. The Labute approximate surface area is 65.6 Å². The molecule has 1 fully saturated rings. The van der Waals surface area contributed by atoms with Crippen LogP contribution in [-0.2, 0) is 0 Å². The Kier molecular flexibility index (Phi) is 1.31. The second kappa shape index (κ2) is 2.06. The van der Waals surface area contributed by atoms with Crippen molar-refractivity contribution in [1.82, 2.24) is 5.32 Å². The Bertz CT molecular complexity index is 201. The number of hydrogen-bond donors (Lipinski definition) is 0. The summed E-state index contributed by atoms with van der Waals surface area (Å²) in [6, 6.07) is 0. The molecule has 2 rings (SSSR count). The molecule has 0 amide bonds. The van der Waals surface area contributed by atoms with Gasteiger partial charge in [0.2, 0.25) is 0 Å². The van der Waals surface area contributed by atoms with Crippen molar-refractivity contribution in [3.63, 3.8) is 0 Å². The normalized spacial score (nSPS) is 27.1. The van der Waals surface area contributed by atoms with Crippen molar-refractivity contribution >= 4 is 11.8 Å². The third-order valence-electron chi connectivity index (χ3n) is 2.13. The second-order valence-corrected chi connectivity index (χ2v) is 4.05. The maximum Gasteiger partial charge on any atom is 0.0372 e. The molecular weight excluding hydrogens is 142 g/mol. The molecule has 0 atom stereocenters. The van der Waals surface area contributed by atoms with E-state index in [0.717, 1.165) is 0 Å². The summed E-state index contributed by atoms with van der Waals surface area (Å²) < 4.78 is 0. The van der Waals surface area contributed by atoms with Crippen LogP contribution in [0.15, 0.2) is 22.7 Å². The smallest absolute Gasteiger partial charge is 0.0372 e. The zero-order valence-corrected chi connectivity index (χ0v) is 6.82. The van der Waals surface area contributed by atoms with E-state index in [1.165, 1.54) is 17.7 Å². The minimum atomic E-state index is 0.499. The van der Waals surface area contributed by atoms with Gasteiger partial charge in [0.1, 0.15) is 0 Å². The van der Waals surface area contributed by atoms with E-state index in [-0.39, 0.29) is 0 Å². The van der Waals surface area contributed by atoms with Crippen LogP contribution in [0.2, 0.25) is 0 Å². The van der Waals surface area contributed by atoms with E-state index in [9.17, 15) is 0 Å². The summed E-state index contributed by atoms with van der Waals surface area (Å²) in [5.74, 6) is 0. The molecule has 1 aliphatic carbocycles. The summed E-state index contributed by atoms with van der Waals surface area (Å²) in [5, 5.41) is 6.16. The fourth-order valence-corrected chi connectivity index (χ4v) is 1.90. The predicted octanol–water partition coefficient (Wildman–Crippen LogP) is 2.45. The summed E-state index contributed by atoms with van der Waals surface area (Å²) in [7, 11) is 0. The molecule has 0 unspecified atom stereocenters. The Morgan fingerprint density at radius 1 is 1.60 bits per heavy atom. The van der Waals surface area contributed by atoms with Gasteiger partial charge in [0, 0.05) is 22.7 Å². The number of thioether (sulfide) groups is 1. The van der Waals surface area contributed by atoms with Crippen molar-refractivity contribution in [2.45, 2.75) is 19.8 Å². The first-order chi connectivity index (χ1) is 4.81. The molecule has 1 saturated carbocycles. The molecule has 1 aliphatic heterocycles.